The number of rotatable bonds is 7. The molecule has 4 aromatic rings. The number of carbonyl (C=O) groups is 1. The summed E-state index contributed by atoms with van der Waals surface area (Å²) in [5.41, 5.74) is 10.1. The van der Waals surface area contributed by atoms with E-state index in [1.807, 2.05) is 55.5 Å². The van der Waals surface area contributed by atoms with Crippen LogP contribution in [0.1, 0.15) is 38.5 Å². The van der Waals surface area contributed by atoms with Crippen molar-refractivity contribution in [3.8, 4) is 23.3 Å². The van der Waals surface area contributed by atoms with Gasteiger partial charge in [-0.25, -0.2) is 4.79 Å². The first-order chi connectivity index (χ1) is 19.3. The van der Waals surface area contributed by atoms with Gasteiger partial charge in [0, 0.05) is 23.8 Å². The lowest BCUT2D eigenvalue weighted by Gasteiger charge is -2.26. The Bertz CT molecular complexity index is 1650. The van der Waals surface area contributed by atoms with Crippen LogP contribution in [0.5, 0.6) is 17.2 Å². The van der Waals surface area contributed by atoms with Crippen LogP contribution in [-0.2, 0) is 6.61 Å². The Labute approximate surface area is 229 Å². The van der Waals surface area contributed by atoms with E-state index in [0.29, 0.717) is 23.7 Å². The van der Waals surface area contributed by atoms with Gasteiger partial charge in [0.1, 0.15) is 35.5 Å². The van der Waals surface area contributed by atoms with E-state index < -0.39 is 16.8 Å². The predicted molar refractivity (Wildman–Crippen MR) is 146 cm³/mol. The van der Waals surface area contributed by atoms with Crippen LogP contribution in [0.3, 0.4) is 0 Å². The molecule has 1 aliphatic heterocycles. The molecule has 198 valence electrons. The Kier molecular flexibility index (Phi) is 7.16. The van der Waals surface area contributed by atoms with Gasteiger partial charge in [0.2, 0.25) is 5.88 Å². The van der Waals surface area contributed by atoms with Crippen molar-refractivity contribution >= 4 is 11.7 Å². The molecule has 9 heteroatoms. The van der Waals surface area contributed by atoms with Gasteiger partial charge in [0.15, 0.2) is 0 Å². The van der Waals surface area contributed by atoms with E-state index in [9.17, 15) is 20.2 Å². The number of carbonyl (C=O) groups excluding carboxylic acids is 1. The van der Waals surface area contributed by atoms with Crippen LogP contribution in [0.4, 0.5) is 5.69 Å². The number of nitro groups is 1. The number of aryl methyl sites for hydroxylation is 1. The van der Waals surface area contributed by atoms with Gasteiger partial charge >= 0.3 is 5.97 Å². The van der Waals surface area contributed by atoms with Crippen molar-refractivity contribution < 1.29 is 23.9 Å². The third-order valence-corrected chi connectivity index (χ3v) is 6.45. The van der Waals surface area contributed by atoms with E-state index in [1.165, 1.54) is 35.9 Å². The number of hydrogen-bond acceptors (Lipinski definition) is 8. The molecule has 1 atom stereocenters. The molecule has 1 aliphatic rings. The lowest BCUT2D eigenvalue weighted by Crippen LogP contribution is -2.21. The fraction of sp³-hybridized carbons (Fsp3) is 0.0968. The molecule has 0 radical (unpaired) electrons. The number of allylic oxidation sites excluding steroid dienone is 1. The minimum atomic E-state index is -0.690. The highest BCUT2D eigenvalue weighted by Gasteiger charge is 2.31. The van der Waals surface area contributed by atoms with Crippen molar-refractivity contribution in [2.24, 2.45) is 5.73 Å². The van der Waals surface area contributed by atoms with Crippen LogP contribution in [0.15, 0.2) is 102 Å². The van der Waals surface area contributed by atoms with Crippen molar-refractivity contribution in [3.63, 3.8) is 0 Å². The van der Waals surface area contributed by atoms with Crippen LogP contribution in [0, 0.1) is 28.4 Å². The molecule has 1 unspecified atom stereocenters. The van der Waals surface area contributed by atoms with E-state index in [-0.39, 0.29) is 28.5 Å². The third-order valence-electron chi connectivity index (χ3n) is 6.45. The second-order valence-electron chi connectivity index (χ2n) is 9.16. The van der Waals surface area contributed by atoms with Gasteiger partial charge in [-0.2, -0.15) is 5.26 Å². The number of hydrogen-bond donors (Lipinski definition) is 1. The molecule has 4 aromatic carbocycles. The zero-order valence-corrected chi connectivity index (χ0v) is 21.4. The van der Waals surface area contributed by atoms with E-state index in [4.69, 9.17) is 19.9 Å². The second kappa shape index (κ2) is 11.0. The zero-order chi connectivity index (χ0) is 28.2. The normalized spacial score (nSPS) is 13.9. The maximum Gasteiger partial charge on any atom is 0.343 e. The highest BCUT2D eigenvalue weighted by Crippen LogP contribution is 2.43. The number of nitrogens with zero attached hydrogens (tertiary/aromatic N) is 2. The number of nitrogens with two attached hydrogens (primary N) is 1. The molecule has 9 nitrogen and oxygen atoms in total. The number of ether oxygens (including phenoxy) is 3. The fourth-order valence-corrected chi connectivity index (χ4v) is 4.33. The first-order valence-electron chi connectivity index (χ1n) is 12.3. The predicted octanol–water partition coefficient (Wildman–Crippen LogP) is 5.92. The molecule has 0 fully saturated rings. The monoisotopic (exact) mass is 533 g/mol. The first-order valence-corrected chi connectivity index (χ1v) is 12.3. The SMILES string of the molecule is Cc1ccc(COc2ccc(C3C(C#N)=C(N)Oc4cc(OC(=O)c5ccc([N+](=O)[O-])cc5)ccc43)cc2)cc1. The summed E-state index contributed by atoms with van der Waals surface area (Å²) in [7, 11) is 0. The molecule has 0 saturated carbocycles. The van der Waals surface area contributed by atoms with Gasteiger partial charge in [-0.1, -0.05) is 48.0 Å². The van der Waals surface area contributed by atoms with Gasteiger partial charge < -0.3 is 19.9 Å². The summed E-state index contributed by atoms with van der Waals surface area (Å²) >= 11 is 0. The van der Waals surface area contributed by atoms with Crippen molar-refractivity contribution in [1.29, 1.82) is 5.26 Å². The molecular formula is C31H23N3O6. The van der Waals surface area contributed by atoms with Gasteiger partial charge in [0.25, 0.3) is 5.69 Å². The lowest BCUT2D eigenvalue weighted by atomic mass is 9.83. The minimum absolute atomic E-state index is 0.0430. The molecule has 5 rings (SSSR count). The fourth-order valence-electron chi connectivity index (χ4n) is 4.33. The van der Waals surface area contributed by atoms with Crippen molar-refractivity contribution in [1.82, 2.24) is 0 Å². The molecule has 0 bridgehead atoms. The second-order valence-corrected chi connectivity index (χ2v) is 9.16. The Morgan fingerprint density at radius 1 is 1.00 bits per heavy atom. The molecule has 40 heavy (non-hydrogen) atoms. The number of benzene rings is 4. The molecule has 2 N–H and O–H groups in total. The van der Waals surface area contributed by atoms with Crippen LogP contribution in [-0.4, -0.2) is 10.9 Å². The van der Waals surface area contributed by atoms with Crippen LogP contribution >= 0.6 is 0 Å². The summed E-state index contributed by atoms with van der Waals surface area (Å²) in [6.07, 6.45) is 0. The number of esters is 1. The molecule has 0 amide bonds. The summed E-state index contributed by atoms with van der Waals surface area (Å²) in [5.74, 6) is -0.0211. The average Bonchev–Trinajstić information content (AvgIpc) is 2.96. The maximum absolute atomic E-state index is 12.6. The molecule has 0 aromatic heterocycles. The lowest BCUT2D eigenvalue weighted by molar-refractivity contribution is -0.384. The van der Waals surface area contributed by atoms with Crippen LogP contribution in [0.2, 0.25) is 0 Å². The summed E-state index contributed by atoms with van der Waals surface area (Å²) in [6, 6.07) is 27.6. The Balaban J connectivity index is 1.35. The quantitative estimate of drug-likeness (QED) is 0.134. The minimum Gasteiger partial charge on any atom is -0.489 e. The summed E-state index contributed by atoms with van der Waals surface area (Å²) in [5, 5.41) is 20.7. The summed E-state index contributed by atoms with van der Waals surface area (Å²) < 4.78 is 17.1. The highest BCUT2D eigenvalue weighted by atomic mass is 16.6. The van der Waals surface area contributed by atoms with Crippen molar-refractivity contribution in [3.05, 3.63) is 140 Å². The van der Waals surface area contributed by atoms with E-state index >= 15 is 0 Å². The Morgan fingerprint density at radius 3 is 2.33 bits per heavy atom. The van der Waals surface area contributed by atoms with E-state index in [2.05, 4.69) is 6.07 Å². The van der Waals surface area contributed by atoms with Crippen LogP contribution in [0.25, 0.3) is 0 Å². The van der Waals surface area contributed by atoms with Gasteiger partial charge in [0.05, 0.1) is 16.4 Å². The first kappa shape index (κ1) is 26.0. The number of nitriles is 1. The van der Waals surface area contributed by atoms with Crippen molar-refractivity contribution in [2.45, 2.75) is 19.4 Å². The van der Waals surface area contributed by atoms with E-state index in [0.717, 1.165) is 11.1 Å². The standard InChI is InChI=1S/C31H23N3O6/c1-19-2-4-20(5-3-19)18-38-24-12-8-21(9-13-24)29-26-15-14-25(16-28(26)40-30(33)27(29)17-32)39-31(35)22-6-10-23(11-7-22)34(36)37/h2-16,29H,18,33H2,1H3. The van der Waals surface area contributed by atoms with Gasteiger partial charge in [-0.3, -0.25) is 10.1 Å². The number of nitro benzene ring substituents is 1. The third kappa shape index (κ3) is 5.47. The van der Waals surface area contributed by atoms with E-state index in [1.54, 1.807) is 12.1 Å². The zero-order valence-electron chi connectivity index (χ0n) is 21.4. The highest BCUT2D eigenvalue weighted by molar-refractivity contribution is 5.91. The molecule has 0 spiro atoms. The smallest absolute Gasteiger partial charge is 0.343 e. The Morgan fingerprint density at radius 2 is 1.68 bits per heavy atom. The van der Waals surface area contributed by atoms with Gasteiger partial charge in [-0.05, 0) is 48.4 Å². The summed E-state index contributed by atoms with van der Waals surface area (Å²) in [6.45, 7) is 2.46. The maximum atomic E-state index is 12.6. The van der Waals surface area contributed by atoms with Crippen molar-refractivity contribution in [2.75, 3.05) is 0 Å². The van der Waals surface area contributed by atoms with Crippen LogP contribution < -0.4 is 19.9 Å². The average molecular weight is 534 g/mol. The topological polar surface area (TPSA) is 138 Å². The largest absolute Gasteiger partial charge is 0.489 e. The van der Waals surface area contributed by atoms with Gasteiger partial charge in [-0.15, -0.1) is 0 Å². The summed E-state index contributed by atoms with van der Waals surface area (Å²) in [4.78, 5) is 22.9. The molecule has 0 saturated heterocycles. The Hall–Kier alpha value is -5.62. The molecular weight excluding hydrogens is 510 g/mol. The number of non-ortho nitro benzene ring substituents is 1. The molecule has 1 heterocycles. The number of fused-ring (bicyclic) bond motifs is 1. The molecule has 0 aliphatic carbocycles.